The Morgan fingerprint density at radius 1 is 0.485 bits per heavy atom. The molecule has 0 heterocycles. The first-order chi connectivity index (χ1) is 31.8. The molecule has 0 spiro atoms. The van der Waals surface area contributed by atoms with E-state index in [4.69, 9.17) is 40.1 Å². The lowest BCUT2D eigenvalue weighted by atomic mass is 10.0. The number of aliphatic hydroxyl groups excluding tert-OH is 1. The number of rotatable bonds is 35. The van der Waals surface area contributed by atoms with Crippen molar-refractivity contribution >= 4 is 65.1 Å². The van der Waals surface area contributed by atoms with Crippen molar-refractivity contribution in [2.45, 2.75) is 154 Å². The number of guanidine groups is 2. The van der Waals surface area contributed by atoms with Crippen LogP contribution >= 0.6 is 0 Å². The van der Waals surface area contributed by atoms with Crippen LogP contribution in [0.15, 0.2) is 9.98 Å². The molecule has 0 aliphatic rings. The maximum atomic E-state index is 14.2. The molecule has 0 rings (SSSR count). The van der Waals surface area contributed by atoms with E-state index in [-0.39, 0.29) is 88.2 Å². The number of carboxylic acid groups (broad SMARTS) is 1. The molecule has 23 N–H and O–H groups in total. The van der Waals surface area contributed by atoms with Gasteiger partial charge in [-0.15, -0.1) is 0 Å². The number of hydrogen-bond acceptors (Lipinski definition) is 14. The van der Waals surface area contributed by atoms with Crippen LogP contribution in [0.25, 0.3) is 0 Å². The van der Waals surface area contributed by atoms with Gasteiger partial charge in [-0.25, -0.2) is 4.79 Å². The van der Waals surface area contributed by atoms with E-state index in [1.165, 1.54) is 6.92 Å². The van der Waals surface area contributed by atoms with Gasteiger partial charge in [-0.05, 0) is 83.1 Å². The number of carboxylic acids is 1. The van der Waals surface area contributed by atoms with Crippen LogP contribution in [-0.4, -0.2) is 150 Å². The summed E-state index contributed by atoms with van der Waals surface area (Å²) in [4.78, 5) is 126. The van der Waals surface area contributed by atoms with Gasteiger partial charge in [0.05, 0.1) is 12.6 Å². The number of nitrogens with one attached hydrogen (secondary N) is 7. The van der Waals surface area contributed by atoms with Gasteiger partial charge in [-0.3, -0.25) is 48.3 Å². The predicted octanol–water partition coefficient (Wildman–Crippen LogP) is -5.60. The zero-order valence-electron chi connectivity index (χ0n) is 39.9. The smallest absolute Gasteiger partial charge is 0.328 e. The van der Waals surface area contributed by atoms with Gasteiger partial charge in [0.15, 0.2) is 11.9 Å². The Morgan fingerprint density at radius 2 is 0.868 bits per heavy atom. The highest BCUT2D eigenvalue weighted by Gasteiger charge is 2.34. The van der Waals surface area contributed by atoms with Crippen LogP contribution in [0.5, 0.6) is 0 Å². The van der Waals surface area contributed by atoms with Gasteiger partial charge in [0.25, 0.3) is 0 Å². The second kappa shape index (κ2) is 33.2. The van der Waals surface area contributed by atoms with Crippen LogP contribution in [0, 0.1) is 11.8 Å². The maximum absolute atomic E-state index is 14.2. The summed E-state index contributed by atoms with van der Waals surface area (Å²) in [7, 11) is 0. The van der Waals surface area contributed by atoms with Crippen molar-refractivity contribution in [1.29, 1.82) is 0 Å². The van der Waals surface area contributed by atoms with Crippen LogP contribution in [0.4, 0.5) is 0 Å². The van der Waals surface area contributed by atoms with Gasteiger partial charge >= 0.3 is 5.97 Å². The van der Waals surface area contributed by atoms with Crippen molar-refractivity contribution < 1.29 is 53.4 Å². The zero-order valence-corrected chi connectivity index (χ0v) is 39.9. The molecule has 8 atom stereocenters. The van der Waals surface area contributed by atoms with E-state index in [1.54, 1.807) is 27.7 Å². The first-order valence-corrected chi connectivity index (χ1v) is 22.6. The minimum atomic E-state index is -1.67. The lowest BCUT2D eigenvalue weighted by Gasteiger charge is -2.28. The predicted molar refractivity (Wildman–Crippen MR) is 252 cm³/mol. The molecular formula is C41H78N16O11. The number of aliphatic carboxylic acids is 1. The van der Waals surface area contributed by atoms with Crippen LogP contribution in [0.3, 0.4) is 0 Å². The minimum absolute atomic E-state index is 0.0129. The second-order valence-corrected chi connectivity index (χ2v) is 17.2. The number of primary amides is 1. The Morgan fingerprint density at radius 3 is 1.24 bits per heavy atom. The monoisotopic (exact) mass is 971 g/mol. The molecule has 0 fully saturated rings. The Labute approximate surface area is 396 Å². The lowest BCUT2D eigenvalue weighted by molar-refractivity contribution is -0.143. The molecule has 388 valence electrons. The summed E-state index contributed by atoms with van der Waals surface area (Å²) in [5.41, 5.74) is 38.7. The fourth-order valence-electron chi connectivity index (χ4n) is 6.38. The topological polar surface area (TPSA) is 485 Å². The van der Waals surface area contributed by atoms with E-state index < -0.39 is 108 Å². The van der Waals surface area contributed by atoms with Crippen LogP contribution in [0.2, 0.25) is 0 Å². The van der Waals surface area contributed by atoms with E-state index in [0.717, 1.165) is 0 Å². The molecule has 0 saturated heterocycles. The number of carbonyl (C=O) groups excluding carboxylic acids is 8. The summed E-state index contributed by atoms with van der Waals surface area (Å²) < 4.78 is 0. The Hall–Kier alpha value is -6.35. The number of nitrogens with two attached hydrogens (primary N) is 7. The highest BCUT2D eigenvalue weighted by atomic mass is 16.4. The summed E-state index contributed by atoms with van der Waals surface area (Å²) in [6.45, 7) is 7.92. The maximum Gasteiger partial charge on any atom is 0.328 e. The van der Waals surface area contributed by atoms with Crippen molar-refractivity contribution in [2.24, 2.45) is 62.0 Å². The molecule has 27 heteroatoms. The molecule has 0 aliphatic heterocycles. The Balaban J connectivity index is 6.73. The first-order valence-electron chi connectivity index (χ1n) is 22.6. The summed E-state index contributed by atoms with van der Waals surface area (Å²) in [5.74, 6) is -9.01. The largest absolute Gasteiger partial charge is 0.480 e. The highest BCUT2D eigenvalue weighted by Crippen LogP contribution is 2.12. The molecule has 0 saturated carbocycles. The second-order valence-electron chi connectivity index (χ2n) is 17.2. The van der Waals surface area contributed by atoms with Crippen molar-refractivity contribution in [1.82, 2.24) is 37.2 Å². The number of carbonyl (C=O) groups is 9. The fraction of sp³-hybridized carbons (Fsp3) is 0.732. The van der Waals surface area contributed by atoms with Crippen LogP contribution in [-0.2, 0) is 43.2 Å². The molecule has 0 radical (unpaired) electrons. The van der Waals surface area contributed by atoms with Crippen molar-refractivity contribution in [3.8, 4) is 0 Å². The Bertz CT molecular complexity index is 1720. The first kappa shape index (κ1) is 61.7. The summed E-state index contributed by atoms with van der Waals surface area (Å²) in [5, 5.41) is 36.4. The van der Waals surface area contributed by atoms with E-state index >= 15 is 0 Å². The molecule has 0 aromatic rings. The number of unbranched alkanes of at least 4 members (excludes halogenated alkanes) is 1. The standard InChI is InChI=1S/C41H78N16O11/c1-21(2)18-28(56-36(64)27(13-14-31(44)59)52-32(60)23(5)51-33(61)24(43)10-6-7-15-42)37(65)54-25(11-8-16-49-40(45)46)34(62)53-26(12-9-17-50-41(47)48)35(63)55-29(19-22(3)4)38(66)57-30(20-58)39(67)68/h21-30,58H,6-20,42-43H2,1-5H3,(H2,44,59)(H,51,61)(H,52,60)(H,53,62)(H,54,65)(H,55,63)(H,56,64)(H,57,66)(H,67,68)(H4,45,46,49)(H4,47,48,50)/t23-,24-,25-,26-,27-,28-,29-,30-/m0/s1. The van der Waals surface area contributed by atoms with Gasteiger partial charge in [-0.2, -0.15) is 0 Å². The molecule has 0 unspecified atom stereocenters. The van der Waals surface area contributed by atoms with Crippen molar-refractivity contribution in [2.75, 3.05) is 26.2 Å². The van der Waals surface area contributed by atoms with Gasteiger partial charge in [0, 0.05) is 19.5 Å². The number of aliphatic imine (C=N–C) groups is 2. The van der Waals surface area contributed by atoms with Gasteiger partial charge in [0.2, 0.25) is 47.3 Å². The molecular weight excluding hydrogens is 893 g/mol. The average molecular weight is 971 g/mol. The summed E-state index contributed by atoms with van der Waals surface area (Å²) in [6.07, 6.45) is 1.02. The number of hydrogen-bond donors (Lipinski definition) is 16. The third-order valence-electron chi connectivity index (χ3n) is 10.0. The molecule has 0 aromatic carbocycles. The van der Waals surface area contributed by atoms with Gasteiger partial charge in [-0.1, -0.05) is 34.1 Å². The molecule has 68 heavy (non-hydrogen) atoms. The van der Waals surface area contributed by atoms with Crippen LogP contribution in [0.1, 0.15) is 105 Å². The van der Waals surface area contributed by atoms with Crippen molar-refractivity contribution in [3.05, 3.63) is 0 Å². The minimum Gasteiger partial charge on any atom is -0.480 e. The molecule has 27 nitrogen and oxygen atoms in total. The average Bonchev–Trinajstić information content (AvgIpc) is 3.24. The molecule has 0 bridgehead atoms. The lowest BCUT2D eigenvalue weighted by Crippen LogP contribution is -2.60. The molecule has 8 amide bonds. The van der Waals surface area contributed by atoms with Crippen LogP contribution < -0.4 is 77.4 Å². The van der Waals surface area contributed by atoms with E-state index in [9.17, 15) is 53.4 Å². The third-order valence-corrected chi connectivity index (χ3v) is 10.0. The third kappa shape index (κ3) is 26.7. The summed E-state index contributed by atoms with van der Waals surface area (Å²) >= 11 is 0. The normalized spacial score (nSPS) is 14.6. The van der Waals surface area contributed by atoms with E-state index in [2.05, 4.69) is 47.2 Å². The fourth-order valence-corrected chi connectivity index (χ4v) is 6.38. The van der Waals surface area contributed by atoms with Gasteiger partial charge < -0.3 is 87.6 Å². The Kier molecular flexibility index (Phi) is 30.1. The SMILES string of the molecule is CC(C)C[C@H](NC(=O)[C@H](CCCN=C(N)N)NC(=O)[C@H](CCCN=C(N)N)NC(=O)[C@H](CC(C)C)NC(=O)[C@H](CCC(N)=O)NC(=O)[C@H](C)NC(=O)[C@@H](N)CCCCN)C(=O)N[C@@H](CO)C(=O)O. The molecule has 0 aromatic heterocycles. The van der Waals surface area contributed by atoms with Gasteiger partial charge in [0.1, 0.15) is 42.3 Å². The number of amides is 8. The summed E-state index contributed by atoms with van der Waals surface area (Å²) in [6, 6.07) is -10.6. The number of nitrogens with zero attached hydrogens (tertiary/aromatic N) is 2. The quantitative estimate of drug-likeness (QED) is 0.0160. The van der Waals surface area contributed by atoms with Crippen molar-refractivity contribution in [3.63, 3.8) is 0 Å². The van der Waals surface area contributed by atoms with E-state index in [1.807, 2.05) is 0 Å². The number of aliphatic hydroxyl groups is 1. The van der Waals surface area contributed by atoms with E-state index in [0.29, 0.717) is 25.8 Å². The molecule has 0 aliphatic carbocycles. The highest BCUT2D eigenvalue weighted by molar-refractivity contribution is 5.97. The zero-order chi connectivity index (χ0) is 52.1.